The fourth-order valence-electron chi connectivity index (χ4n) is 4.86. The Hall–Kier alpha value is -2.73. The monoisotopic (exact) mass is 576 g/mol. The molecule has 200 valence electrons. The van der Waals surface area contributed by atoms with Crippen LogP contribution >= 0.6 is 23.2 Å². The number of aliphatic hydroxyl groups excluding tert-OH is 2. The number of aliphatic hydroxyl groups is 2. The number of nitrogens with zero attached hydrogens (tertiary/aromatic N) is 3. The van der Waals surface area contributed by atoms with E-state index in [9.17, 15) is 18.3 Å². The van der Waals surface area contributed by atoms with Crippen molar-refractivity contribution in [3.05, 3.63) is 75.2 Å². The summed E-state index contributed by atoms with van der Waals surface area (Å²) in [5.74, 6) is 0.0908. The number of hydrogen-bond donors (Lipinski definition) is 3. The highest BCUT2D eigenvalue weighted by molar-refractivity contribution is 7.92. The van der Waals surface area contributed by atoms with Gasteiger partial charge in [-0.25, -0.2) is 8.42 Å². The van der Waals surface area contributed by atoms with Crippen LogP contribution in [0.4, 0.5) is 0 Å². The number of amidine groups is 1. The van der Waals surface area contributed by atoms with Crippen LogP contribution in [0.2, 0.25) is 10.0 Å². The molecule has 0 unspecified atom stereocenters. The van der Waals surface area contributed by atoms with Crippen LogP contribution in [0.25, 0.3) is 17.0 Å². The topological polar surface area (TPSA) is 124 Å². The molecule has 1 amide bonds. The van der Waals surface area contributed by atoms with E-state index in [1.165, 1.54) is 9.71 Å². The van der Waals surface area contributed by atoms with E-state index in [1.54, 1.807) is 30.5 Å². The molecule has 1 saturated heterocycles. The Balaban J connectivity index is 1.31. The molecule has 9 nitrogen and oxygen atoms in total. The molecule has 3 aromatic rings. The fourth-order valence-corrected chi connectivity index (χ4v) is 6.54. The number of hydrogen-bond acceptors (Lipinski definition) is 6. The molecule has 1 spiro atoms. The van der Waals surface area contributed by atoms with Crippen LogP contribution in [0.3, 0.4) is 0 Å². The highest BCUT2D eigenvalue weighted by Gasteiger charge is 2.47. The zero-order chi connectivity index (χ0) is 27.1. The lowest BCUT2D eigenvalue weighted by molar-refractivity contribution is -0.124. The zero-order valence-corrected chi connectivity index (χ0v) is 22.5. The van der Waals surface area contributed by atoms with Gasteiger partial charge in [0.25, 0.3) is 5.91 Å². The average molecular weight is 577 g/mol. The van der Waals surface area contributed by atoms with Crippen LogP contribution in [0.5, 0.6) is 0 Å². The van der Waals surface area contributed by atoms with Crippen molar-refractivity contribution >= 4 is 61.9 Å². The summed E-state index contributed by atoms with van der Waals surface area (Å²) in [6, 6.07) is 12.3. The number of amides is 1. The molecule has 2 aliphatic heterocycles. The van der Waals surface area contributed by atoms with Crippen molar-refractivity contribution in [3.8, 4) is 0 Å². The van der Waals surface area contributed by atoms with Gasteiger partial charge in [0, 0.05) is 46.2 Å². The van der Waals surface area contributed by atoms with Gasteiger partial charge in [0.2, 0.25) is 10.0 Å². The Labute approximate surface area is 230 Å². The summed E-state index contributed by atoms with van der Waals surface area (Å²) in [5.41, 5.74) is 1.05. The molecule has 2 aromatic carbocycles. The van der Waals surface area contributed by atoms with Gasteiger partial charge in [-0.2, -0.15) is 4.31 Å². The minimum Gasteiger partial charge on any atom is -0.394 e. The summed E-state index contributed by atoms with van der Waals surface area (Å²) in [6.45, 7) is 0.163. The molecule has 0 bridgehead atoms. The number of rotatable bonds is 7. The standard InChI is InChI=1S/C26H26Cl2N4O5S/c27-18-4-5-21(22(28)14-18)24-29-25(35)26(30-24)8-11-32(12-9-26)38(36,37)13-7-17-2-1-3-23-20(17)6-10-31(23)15-19(34)16-33/h1-7,10,13-14,19,33-34H,8-9,11-12,15-16H2,(H,29,30,35)/t19-/m0/s1. The summed E-state index contributed by atoms with van der Waals surface area (Å²) in [5, 5.41) is 24.6. The Morgan fingerprint density at radius 3 is 2.63 bits per heavy atom. The number of sulfonamides is 1. The van der Waals surface area contributed by atoms with Crippen molar-refractivity contribution in [2.24, 2.45) is 4.99 Å². The largest absolute Gasteiger partial charge is 0.394 e. The first-order chi connectivity index (χ1) is 18.1. The molecule has 12 heteroatoms. The lowest BCUT2D eigenvalue weighted by atomic mass is 9.89. The van der Waals surface area contributed by atoms with Gasteiger partial charge in [-0.3, -0.25) is 9.79 Å². The van der Waals surface area contributed by atoms with Crippen LogP contribution in [-0.2, 0) is 21.4 Å². The van der Waals surface area contributed by atoms with Crippen molar-refractivity contribution in [2.75, 3.05) is 19.7 Å². The average Bonchev–Trinajstić information content (AvgIpc) is 3.44. The minimum atomic E-state index is -3.75. The number of halogens is 2. The van der Waals surface area contributed by atoms with E-state index in [-0.39, 0.29) is 45.0 Å². The van der Waals surface area contributed by atoms with Gasteiger partial charge in [0.15, 0.2) is 0 Å². The predicted molar refractivity (Wildman–Crippen MR) is 148 cm³/mol. The maximum Gasteiger partial charge on any atom is 0.253 e. The van der Waals surface area contributed by atoms with Gasteiger partial charge in [0.1, 0.15) is 11.4 Å². The van der Waals surface area contributed by atoms with Crippen LogP contribution < -0.4 is 5.32 Å². The SMILES string of the molecule is O=C1NC(c2ccc(Cl)cc2Cl)=NC12CCN(S(=O)(=O)C=Cc1cccc3c1ccn3C[C@H](O)CO)CC2. The van der Waals surface area contributed by atoms with Gasteiger partial charge in [-0.15, -0.1) is 0 Å². The molecule has 0 radical (unpaired) electrons. The van der Waals surface area contributed by atoms with E-state index >= 15 is 0 Å². The molecule has 5 rings (SSSR count). The number of carbonyl (C=O) groups is 1. The number of aliphatic imine (C=N–C) groups is 1. The lowest BCUT2D eigenvalue weighted by Crippen LogP contribution is -2.50. The van der Waals surface area contributed by atoms with Crippen molar-refractivity contribution in [2.45, 2.75) is 31.0 Å². The molecule has 38 heavy (non-hydrogen) atoms. The number of nitrogens with one attached hydrogen (secondary N) is 1. The zero-order valence-electron chi connectivity index (χ0n) is 20.2. The second kappa shape index (κ2) is 10.4. The van der Waals surface area contributed by atoms with Crippen LogP contribution in [0.1, 0.15) is 24.0 Å². The Kier molecular flexibility index (Phi) is 7.38. The van der Waals surface area contributed by atoms with E-state index < -0.39 is 21.7 Å². The predicted octanol–water partition coefficient (Wildman–Crippen LogP) is 3.01. The van der Waals surface area contributed by atoms with Crippen molar-refractivity contribution in [3.63, 3.8) is 0 Å². The summed E-state index contributed by atoms with van der Waals surface area (Å²) < 4.78 is 29.4. The second-order valence-corrected chi connectivity index (χ2v) is 12.1. The van der Waals surface area contributed by atoms with Crippen LogP contribution in [-0.4, -0.2) is 70.6 Å². The Morgan fingerprint density at radius 1 is 1.16 bits per heavy atom. The number of fused-ring (bicyclic) bond motifs is 1. The molecule has 1 fully saturated rings. The summed E-state index contributed by atoms with van der Waals surface area (Å²) in [4.78, 5) is 17.5. The molecular weight excluding hydrogens is 551 g/mol. The molecule has 3 heterocycles. The van der Waals surface area contributed by atoms with E-state index in [1.807, 2.05) is 28.8 Å². The molecular formula is C26H26Cl2N4O5S. The van der Waals surface area contributed by atoms with Gasteiger partial charge in [-0.1, -0.05) is 35.3 Å². The second-order valence-electron chi connectivity index (χ2n) is 9.40. The number of piperidine rings is 1. The molecule has 1 aromatic heterocycles. The Bertz CT molecular complexity index is 1560. The van der Waals surface area contributed by atoms with Crippen LogP contribution in [0.15, 0.2) is 59.1 Å². The maximum absolute atomic E-state index is 13.1. The summed E-state index contributed by atoms with van der Waals surface area (Å²) >= 11 is 12.3. The van der Waals surface area contributed by atoms with Crippen LogP contribution in [0, 0.1) is 0 Å². The maximum atomic E-state index is 13.1. The third kappa shape index (κ3) is 5.12. The fraction of sp³-hybridized carbons (Fsp3) is 0.308. The third-order valence-corrected chi connectivity index (χ3v) is 9.07. The van der Waals surface area contributed by atoms with E-state index in [0.717, 1.165) is 10.9 Å². The molecule has 3 N–H and O–H groups in total. The van der Waals surface area contributed by atoms with Crippen molar-refractivity contribution in [1.82, 2.24) is 14.2 Å². The van der Waals surface area contributed by atoms with Gasteiger partial charge >= 0.3 is 0 Å². The highest BCUT2D eigenvalue weighted by atomic mass is 35.5. The third-order valence-electron chi connectivity index (χ3n) is 6.96. The Morgan fingerprint density at radius 2 is 1.92 bits per heavy atom. The van der Waals surface area contributed by atoms with Crippen molar-refractivity contribution in [1.29, 1.82) is 0 Å². The van der Waals surface area contributed by atoms with Gasteiger partial charge in [-0.05, 0) is 54.8 Å². The number of benzene rings is 2. The normalized spacial score (nSPS) is 18.8. The molecule has 2 aliphatic rings. The van der Waals surface area contributed by atoms with Gasteiger partial charge < -0.3 is 20.1 Å². The van der Waals surface area contributed by atoms with Gasteiger partial charge in [0.05, 0.1) is 24.3 Å². The van der Waals surface area contributed by atoms with Crippen molar-refractivity contribution < 1.29 is 23.4 Å². The minimum absolute atomic E-state index is 0.144. The molecule has 0 saturated carbocycles. The first-order valence-electron chi connectivity index (χ1n) is 12.0. The number of aromatic nitrogens is 1. The first-order valence-corrected chi connectivity index (χ1v) is 14.3. The quantitative estimate of drug-likeness (QED) is 0.399. The summed E-state index contributed by atoms with van der Waals surface area (Å²) in [7, 11) is -3.75. The molecule has 1 atom stereocenters. The van der Waals surface area contributed by atoms with E-state index in [2.05, 4.69) is 10.3 Å². The van der Waals surface area contributed by atoms with E-state index in [4.69, 9.17) is 28.3 Å². The summed E-state index contributed by atoms with van der Waals surface area (Å²) in [6.07, 6.45) is 2.94. The van der Waals surface area contributed by atoms with E-state index in [0.29, 0.717) is 27.0 Å². The first kappa shape index (κ1) is 26.9. The smallest absolute Gasteiger partial charge is 0.253 e. The lowest BCUT2D eigenvalue weighted by Gasteiger charge is -2.34. The number of carbonyl (C=O) groups excluding carboxylic acids is 1. The molecule has 0 aliphatic carbocycles. The highest BCUT2D eigenvalue weighted by Crippen LogP contribution is 2.34.